The van der Waals surface area contributed by atoms with E-state index in [2.05, 4.69) is 6.92 Å². The second-order valence-corrected chi connectivity index (χ2v) is 3.64. The molecule has 0 heterocycles. The summed E-state index contributed by atoms with van der Waals surface area (Å²) in [5, 5.41) is 9.52. The van der Waals surface area contributed by atoms with Crippen LogP contribution in [-0.4, -0.2) is 5.11 Å². The zero-order valence-corrected chi connectivity index (χ0v) is 7.17. The van der Waals surface area contributed by atoms with Crippen molar-refractivity contribution in [1.82, 2.24) is 0 Å². The monoisotopic (exact) mass is 163 g/mol. The number of hydrogen-bond acceptors (Lipinski definition) is 2. The fraction of sp³-hybridized carbons (Fsp3) is 0.400. The van der Waals surface area contributed by atoms with Crippen molar-refractivity contribution >= 4 is 5.69 Å². The van der Waals surface area contributed by atoms with Gasteiger partial charge in [-0.25, -0.2) is 0 Å². The predicted octanol–water partition coefficient (Wildman–Crippen LogP) is 1.71. The highest BCUT2D eigenvalue weighted by atomic mass is 16.3. The highest BCUT2D eigenvalue weighted by Crippen LogP contribution is 2.36. The van der Waals surface area contributed by atoms with E-state index >= 15 is 0 Å². The lowest BCUT2D eigenvalue weighted by Gasteiger charge is -2.04. The quantitative estimate of drug-likeness (QED) is 0.451. The molecule has 1 aliphatic rings. The first-order valence-electron chi connectivity index (χ1n) is 4.27. The van der Waals surface area contributed by atoms with Gasteiger partial charge in [0.25, 0.3) is 0 Å². The van der Waals surface area contributed by atoms with Crippen LogP contribution in [0.4, 0.5) is 5.69 Å². The van der Waals surface area contributed by atoms with E-state index in [0.29, 0.717) is 11.7 Å². The van der Waals surface area contributed by atoms with Gasteiger partial charge in [0.15, 0.2) is 0 Å². The van der Waals surface area contributed by atoms with Gasteiger partial charge in [-0.15, -0.1) is 0 Å². The lowest BCUT2D eigenvalue weighted by molar-refractivity contribution is 0.466. The van der Waals surface area contributed by atoms with E-state index in [1.165, 1.54) is 0 Å². The zero-order chi connectivity index (χ0) is 8.72. The van der Waals surface area contributed by atoms with Gasteiger partial charge in [0.1, 0.15) is 5.75 Å². The van der Waals surface area contributed by atoms with Crippen LogP contribution >= 0.6 is 0 Å². The Morgan fingerprint density at radius 3 is 2.67 bits per heavy atom. The lowest BCUT2D eigenvalue weighted by atomic mass is 10.1. The van der Waals surface area contributed by atoms with Gasteiger partial charge in [0.05, 0.1) is 0 Å². The number of phenols is 1. The first kappa shape index (κ1) is 7.47. The average Bonchev–Trinajstić information content (AvgIpc) is 2.41. The summed E-state index contributed by atoms with van der Waals surface area (Å²) in [6, 6.07) is 3.47. The molecule has 0 bridgehead atoms. The molecule has 2 nitrogen and oxygen atoms in total. The van der Waals surface area contributed by atoms with Gasteiger partial charge in [0.2, 0.25) is 0 Å². The minimum atomic E-state index is 0.406. The lowest BCUT2D eigenvalue weighted by Crippen LogP contribution is -1.93. The number of nitrogen functional groups attached to an aromatic ring is 1. The van der Waals surface area contributed by atoms with Gasteiger partial charge in [-0.1, -0.05) is 6.92 Å². The summed E-state index contributed by atoms with van der Waals surface area (Å²) in [6.07, 6.45) is 1.97. The van der Waals surface area contributed by atoms with Crippen molar-refractivity contribution in [2.24, 2.45) is 5.92 Å². The molecule has 0 saturated heterocycles. The summed E-state index contributed by atoms with van der Waals surface area (Å²) < 4.78 is 0. The summed E-state index contributed by atoms with van der Waals surface area (Å²) in [4.78, 5) is 0. The van der Waals surface area contributed by atoms with Crippen molar-refractivity contribution in [3.8, 4) is 5.75 Å². The first-order chi connectivity index (χ1) is 5.68. The molecule has 0 aromatic heterocycles. The maximum absolute atomic E-state index is 9.52. The molecule has 12 heavy (non-hydrogen) atoms. The molecule has 1 aliphatic carbocycles. The van der Waals surface area contributed by atoms with Gasteiger partial charge in [-0.3, -0.25) is 0 Å². The van der Waals surface area contributed by atoms with Crippen LogP contribution in [0.3, 0.4) is 0 Å². The Kier molecular flexibility index (Phi) is 1.50. The number of nitrogens with two attached hydrogens (primary N) is 1. The van der Waals surface area contributed by atoms with Gasteiger partial charge < -0.3 is 10.8 Å². The summed E-state index contributed by atoms with van der Waals surface area (Å²) >= 11 is 0. The van der Waals surface area contributed by atoms with Crippen LogP contribution in [-0.2, 0) is 12.8 Å². The van der Waals surface area contributed by atoms with Crippen molar-refractivity contribution in [2.45, 2.75) is 19.8 Å². The van der Waals surface area contributed by atoms with Gasteiger partial charge >= 0.3 is 0 Å². The number of aromatic hydroxyl groups is 1. The largest absolute Gasteiger partial charge is 0.508 e. The minimum Gasteiger partial charge on any atom is -0.508 e. The predicted molar refractivity (Wildman–Crippen MR) is 49.1 cm³/mol. The smallest absolute Gasteiger partial charge is 0.119 e. The molecule has 1 unspecified atom stereocenters. The van der Waals surface area contributed by atoms with Crippen LogP contribution in [0.1, 0.15) is 18.1 Å². The highest BCUT2D eigenvalue weighted by Gasteiger charge is 2.22. The second-order valence-electron chi connectivity index (χ2n) is 3.64. The third kappa shape index (κ3) is 0.951. The van der Waals surface area contributed by atoms with Gasteiger partial charge in [-0.05, 0) is 42.0 Å². The maximum Gasteiger partial charge on any atom is 0.119 e. The molecule has 0 amide bonds. The minimum absolute atomic E-state index is 0.406. The molecule has 2 heteroatoms. The van der Waals surface area contributed by atoms with E-state index in [1.807, 2.05) is 0 Å². The number of benzene rings is 1. The molecule has 0 spiro atoms. The Balaban J connectivity index is 2.56. The highest BCUT2D eigenvalue weighted by molar-refractivity contribution is 5.58. The Hall–Kier alpha value is -1.18. The standard InChI is InChI=1S/C10H13NO/c1-6-4-7-8(5-6)10(12)3-2-9(7)11/h2-3,6,12H,4-5,11H2,1H3. The van der Waals surface area contributed by atoms with Crippen LogP contribution in [0.15, 0.2) is 12.1 Å². The van der Waals surface area contributed by atoms with Crippen molar-refractivity contribution in [2.75, 3.05) is 5.73 Å². The average molecular weight is 163 g/mol. The van der Waals surface area contributed by atoms with Crippen molar-refractivity contribution in [3.63, 3.8) is 0 Å². The van der Waals surface area contributed by atoms with Gasteiger partial charge in [-0.2, -0.15) is 0 Å². The molecule has 0 fully saturated rings. The summed E-state index contributed by atoms with van der Waals surface area (Å²) in [6.45, 7) is 2.18. The summed E-state index contributed by atoms with van der Waals surface area (Å²) in [7, 11) is 0. The van der Waals surface area contributed by atoms with E-state index in [-0.39, 0.29) is 0 Å². The maximum atomic E-state index is 9.52. The molecule has 3 N–H and O–H groups in total. The molecule has 0 saturated carbocycles. The van der Waals surface area contributed by atoms with Crippen molar-refractivity contribution < 1.29 is 5.11 Å². The second kappa shape index (κ2) is 2.41. The Bertz CT molecular complexity index is 289. The molecule has 0 aliphatic heterocycles. The number of anilines is 1. The molecule has 1 aromatic carbocycles. The molecule has 2 rings (SSSR count). The fourth-order valence-corrected chi connectivity index (χ4v) is 1.94. The summed E-state index contributed by atoms with van der Waals surface area (Å²) in [5.74, 6) is 1.03. The van der Waals surface area contributed by atoms with Crippen LogP contribution in [0, 0.1) is 5.92 Å². The van der Waals surface area contributed by atoms with Crippen LogP contribution in [0.25, 0.3) is 0 Å². The normalized spacial score (nSPS) is 20.9. The number of phenolic OH excluding ortho intramolecular Hbond substituents is 1. The Morgan fingerprint density at radius 2 is 2.00 bits per heavy atom. The van der Waals surface area contributed by atoms with E-state index < -0.39 is 0 Å². The van der Waals surface area contributed by atoms with Gasteiger partial charge in [0, 0.05) is 5.69 Å². The molecular weight excluding hydrogens is 150 g/mol. The van der Waals surface area contributed by atoms with Crippen molar-refractivity contribution in [1.29, 1.82) is 0 Å². The van der Waals surface area contributed by atoms with E-state index in [9.17, 15) is 5.11 Å². The SMILES string of the molecule is CC1Cc2c(N)ccc(O)c2C1. The number of hydrogen-bond donors (Lipinski definition) is 2. The molecular formula is C10H13NO. The third-order valence-electron chi connectivity index (χ3n) is 2.55. The fourth-order valence-electron chi connectivity index (χ4n) is 1.94. The molecule has 64 valence electrons. The van der Waals surface area contributed by atoms with Crippen LogP contribution in [0.5, 0.6) is 5.75 Å². The number of fused-ring (bicyclic) bond motifs is 1. The van der Waals surface area contributed by atoms with E-state index in [0.717, 1.165) is 29.7 Å². The zero-order valence-electron chi connectivity index (χ0n) is 7.17. The van der Waals surface area contributed by atoms with E-state index in [1.54, 1.807) is 12.1 Å². The molecule has 0 radical (unpaired) electrons. The first-order valence-corrected chi connectivity index (χ1v) is 4.27. The topological polar surface area (TPSA) is 46.2 Å². The third-order valence-corrected chi connectivity index (χ3v) is 2.55. The molecule has 1 aromatic rings. The molecule has 1 atom stereocenters. The Morgan fingerprint density at radius 1 is 1.33 bits per heavy atom. The van der Waals surface area contributed by atoms with Crippen LogP contribution in [0.2, 0.25) is 0 Å². The summed E-state index contributed by atoms with van der Waals surface area (Å²) in [5.41, 5.74) is 8.83. The van der Waals surface area contributed by atoms with Crippen LogP contribution < -0.4 is 5.73 Å². The van der Waals surface area contributed by atoms with Crippen molar-refractivity contribution in [3.05, 3.63) is 23.3 Å². The Labute approximate surface area is 72.0 Å². The number of rotatable bonds is 0. The van der Waals surface area contributed by atoms with E-state index in [4.69, 9.17) is 5.73 Å².